The third-order valence-electron chi connectivity index (χ3n) is 10.6. The van der Waals surface area contributed by atoms with E-state index in [9.17, 15) is 24.9 Å². The molecule has 0 saturated heterocycles. The van der Waals surface area contributed by atoms with Crippen LogP contribution >= 0.6 is 0 Å². The van der Waals surface area contributed by atoms with Crippen molar-refractivity contribution in [3.8, 4) is 0 Å². The lowest BCUT2D eigenvalue weighted by molar-refractivity contribution is -0.293. The van der Waals surface area contributed by atoms with Gasteiger partial charge in [0, 0.05) is 16.7 Å². The number of rotatable bonds is 2. The summed E-state index contributed by atoms with van der Waals surface area (Å²) >= 11 is 0. The number of esters is 1. The standard InChI is InChI=1S/C27H36O6/c1-14-13-27(33-22(31)15-9-7-6-8-10-15)18(19(14)28)21(30)25(4)12-11-16-17(20(29)24(16,2)3)26(25,5)23(27)32/h6-10,14,16-21,28-30H,11-13H2,1-5H3/t14-,16-,17-,18+,19-,20+,21+,25-,26+,27+/m0/s1. The molecule has 0 spiro atoms. The molecule has 3 N–H and O–H groups in total. The van der Waals surface area contributed by atoms with Gasteiger partial charge in [0.15, 0.2) is 11.4 Å². The summed E-state index contributed by atoms with van der Waals surface area (Å²) < 4.78 is 6.08. The van der Waals surface area contributed by atoms with Crippen LogP contribution < -0.4 is 0 Å². The van der Waals surface area contributed by atoms with Gasteiger partial charge < -0.3 is 20.1 Å². The smallest absolute Gasteiger partial charge is 0.339 e. The summed E-state index contributed by atoms with van der Waals surface area (Å²) in [6.07, 6.45) is -1.11. The maximum Gasteiger partial charge on any atom is 0.339 e. The predicted octanol–water partition coefficient (Wildman–Crippen LogP) is 2.98. The Bertz CT molecular complexity index is 990. The summed E-state index contributed by atoms with van der Waals surface area (Å²) in [6, 6.07) is 8.52. The number of carbonyl (C=O) groups excluding carboxylic acids is 2. The number of hydrogen-bond donors (Lipinski definition) is 3. The van der Waals surface area contributed by atoms with Gasteiger partial charge in [-0.3, -0.25) is 4.79 Å². The molecule has 33 heavy (non-hydrogen) atoms. The summed E-state index contributed by atoms with van der Waals surface area (Å²) in [5.74, 6) is -2.27. The normalized spacial score (nSPS) is 49.9. The fraction of sp³-hybridized carbons (Fsp3) is 0.704. The van der Waals surface area contributed by atoms with Crippen molar-refractivity contribution >= 4 is 11.8 Å². The number of hydrogen-bond acceptors (Lipinski definition) is 6. The molecule has 6 heteroatoms. The fourth-order valence-electron chi connectivity index (χ4n) is 8.32. The molecule has 4 aliphatic carbocycles. The summed E-state index contributed by atoms with van der Waals surface area (Å²) in [4.78, 5) is 27.8. The molecular weight excluding hydrogens is 420 g/mol. The van der Waals surface area contributed by atoms with Crippen molar-refractivity contribution in [1.29, 1.82) is 0 Å². The first-order valence-corrected chi connectivity index (χ1v) is 12.2. The van der Waals surface area contributed by atoms with Gasteiger partial charge in [0.1, 0.15) is 0 Å². The molecule has 0 bridgehead atoms. The second kappa shape index (κ2) is 6.89. The lowest BCUT2D eigenvalue weighted by atomic mass is 9.32. The third-order valence-corrected chi connectivity index (χ3v) is 10.6. The van der Waals surface area contributed by atoms with E-state index in [1.54, 1.807) is 30.3 Å². The molecule has 0 heterocycles. The molecular formula is C27H36O6. The minimum absolute atomic E-state index is 0.142. The van der Waals surface area contributed by atoms with Gasteiger partial charge in [-0.1, -0.05) is 52.8 Å². The number of ether oxygens (including phenoxy) is 1. The monoisotopic (exact) mass is 456 g/mol. The van der Waals surface area contributed by atoms with Gasteiger partial charge in [0.05, 0.1) is 29.8 Å². The second-order valence-corrected chi connectivity index (χ2v) is 12.2. The Morgan fingerprint density at radius 2 is 1.64 bits per heavy atom. The van der Waals surface area contributed by atoms with Crippen molar-refractivity contribution in [2.45, 2.75) is 77.8 Å². The number of aliphatic hydroxyl groups is 3. The van der Waals surface area contributed by atoms with Crippen molar-refractivity contribution in [3.05, 3.63) is 35.9 Å². The van der Waals surface area contributed by atoms with Crippen molar-refractivity contribution in [3.63, 3.8) is 0 Å². The van der Waals surface area contributed by atoms with Crippen LogP contribution in [0.15, 0.2) is 30.3 Å². The van der Waals surface area contributed by atoms with Crippen LogP contribution in [0, 0.1) is 39.9 Å². The van der Waals surface area contributed by atoms with Crippen LogP contribution in [0.3, 0.4) is 0 Å². The Kier molecular flexibility index (Phi) is 4.81. The van der Waals surface area contributed by atoms with Crippen LogP contribution in [0.5, 0.6) is 0 Å². The highest BCUT2D eigenvalue weighted by Gasteiger charge is 2.80. The molecule has 0 amide bonds. The van der Waals surface area contributed by atoms with Gasteiger partial charge in [-0.05, 0) is 48.6 Å². The first-order chi connectivity index (χ1) is 15.3. The van der Waals surface area contributed by atoms with Crippen LogP contribution in [0.1, 0.15) is 64.2 Å². The Morgan fingerprint density at radius 3 is 2.27 bits per heavy atom. The maximum absolute atomic E-state index is 14.6. The van der Waals surface area contributed by atoms with Crippen molar-refractivity contribution in [2.75, 3.05) is 0 Å². The summed E-state index contributed by atoms with van der Waals surface area (Å²) in [7, 11) is 0. The van der Waals surface area contributed by atoms with Crippen molar-refractivity contribution in [2.24, 2.45) is 39.9 Å². The largest absolute Gasteiger partial charge is 0.447 e. The molecule has 4 fully saturated rings. The van der Waals surface area contributed by atoms with E-state index in [-0.39, 0.29) is 35.4 Å². The SMILES string of the molecule is C[C@H]1C[C@]2(OC(=O)c3ccccc3)C(=O)[C@@]3(C)[C@@H]4[C@@H](O)C(C)(C)[C@H]4CC[C@@]3(C)[C@H](O)[C@H]2[C@H]1O. The molecule has 0 unspecified atom stereocenters. The average molecular weight is 457 g/mol. The highest BCUT2D eigenvalue weighted by molar-refractivity contribution is 5.99. The zero-order valence-electron chi connectivity index (χ0n) is 20.1. The minimum atomic E-state index is -1.62. The first-order valence-electron chi connectivity index (χ1n) is 12.2. The van der Waals surface area contributed by atoms with Gasteiger partial charge in [0.25, 0.3) is 0 Å². The van der Waals surface area contributed by atoms with E-state index in [0.717, 1.165) is 6.42 Å². The molecule has 6 nitrogen and oxygen atoms in total. The first kappa shape index (κ1) is 23.0. The molecule has 4 saturated carbocycles. The van der Waals surface area contributed by atoms with Gasteiger partial charge in [-0.2, -0.15) is 0 Å². The van der Waals surface area contributed by atoms with Crippen molar-refractivity contribution < 1.29 is 29.6 Å². The number of fused-ring (bicyclic) bond motifs is 4. The Hall–Kier alpha value is -1.76. The van der Waals surface area contributed by atoms with E-state index in [0.29, 0.717) is 12.0 Å². The summed E-state index contributed by atoms with van der Waals surface area (Å²) in [6.45, 7) is 9.67. The molecule has 5 rings (SSSR count). The number of ketones is 1. The lowest BCUT2D eigenvalue weighted by Crippen LogP contribution is -2.79. The third kappa shape index (κ3) is 2.55. The number of Topliss-reactive ketones (excluding diaryl/α,β-unsaturated/α-hetero) is 1. The fourth-order valence-corrected chi connectivity index (χ4v) is 8.32. The van der Waals surface area contributed by atoms with Gasteiger partial charge in [-0.15, -0.1) is 0 Å². The average Bonchev–Trinajstić information content (AvgIpc) is 3.04. The van der Waals surface area contributed by atoms with Gasteiger partial charge in [0.2, 0.25) is 0 Å². The zero-order valence-corrected chi connectivity index (χ0v) is 20.1. The second-order valence-electron chi connectivity index (χ2n) is 12.2. The molecule has 180 valence electrons. The van der Waals surface area contributed by atoms with E-state index in [1.807, 2.05) is 34.6 Å². The Balaban J connectivity index is 1.64. The van der Waals surface area contributed by atoms with Crippen LogP contribution in [0.25, 0.3) is 0 Å². The number of carbonyl (C=O) groups is 2. The number of benzene rings is 1. The molecule has 4 aliphatic rings. The highest BCUT2D eigenvalue weighted by Crippen LogP contribution is 2.74. The molecule has 1 aromatic rings. The predicted molar refractivity (Wildman–Crippen MR) is 121 cm³/mol. The summed E-state index contributed by atoms with van der Waals surface area (Å²) in [5, 5.41) is 34.1. The zero-order chi connectivity index (χ0) is 24.1. The molecule has 0 aromatic heterocycles. The van der Waals surface area contributed by atoms with Crippen LogP contribution in [0.4, 0.5) is 0 Å². The lowest BCUT2D eigenvalue weighted by Gasteiger charge is -2.72. The quantitative estimate of drug-likeness (QED) is 0.591. The Morgan fingerprint density at radius 1 is 1.00 bits per heavy atom. The van der Waals surface area contributed by atoms with E-state index >= 15 is 0 Å². The van der Waals surface area contributed by atoms with Gasteiger partial charge >= 0.3 is 5.97 Å². The maximum atomic E-state index is 14.6. The highest BCUT2D eigenvalue weighted by atomic mass is 16.6. The molecule has 0 radical (unpaired) electrons. The van der Waals surface area contributed by atoms with E-state index < -0.39 is 46.6 Å². The molecule has 0 aliphatic heterocycles. The molecule has 10 atom stereocenters. The van der Waals surface area contributed by atoms with Crippen LogP contribution in [0.2, 0.25) is 0 Å². The minimum Gasteiger partial charge on any atom is -0.447 e. The van der Waals surface area contributed by atoms with Gasteiger partial charge in [-0.25, -0.2) is 4.79 Å². The van der Waals surface area contributed by atoms with E-state index in [2.05, 4.69) is 0 Å². The Labute approximate surface area is 195 Å². The number of aliphatic hydroxyl groups excluding tert-OH is 3. The molecule has 1 aromatic carbocycles. The van der Waals surface area contributed by atoms with Crippen LogP contribution in [-0.4, -0.2) is 51.0 Å². The topological polar surface area (TPSA) is 104 Å². The van der Waals surface area contributed by atoms with Crippen molar-refractivity contribution in [1.82, 2.24) is 0 Å². The van der Waals surface area contributed by atoms with E-state index in [1.165, 1.54) is 0 Å². The van der Waals surface area contributed by atoms with Crippen LogP contribution in [-0.2, 0) is 9.53 Å². The summed E-state index contributed by atoms with van der Waals surface area (Å²) in [5.41, 5.74) is -3.52. The van der Waals surface area contributed by atoms with E-state index in [4.69, 9.17) is 4.74 Å².